The Kier molecular flexibility index (Phi) is 4.14. The van der Waals surface area contributed by atoms with Gasteiger partial charge >= 0.3 is 6.18 Å². The van der Waals surface area contributed by atoms with Crippen molar-refractivity contribution >= 4 is 17.1 Å². The average Bonchev–Trinajstić information content (AvgIpc) is 2.85. The Morgan fingerprint density at radius 1 is 1.29 bits per heavy atom. The smallest absolute Gasteiger partial charge is 0.291 e. The van der Waals surface area contributed by atoms with Crippen LogP contribution in [0.5, 0.6) is 0 Å². The predicted molar refractivity (Wildman–Crippen MR) is 73.2 cm³/mol. The minimum absolute atomic E-state index is 0.0587. The summed E-state index contributed by atoms with van der Waals surface area (Å²) in [5.74, 6) is -1.71. The minimum atomic E-state index is -4.50. The highest BCUT2D eigenvalue weighted by Gasteiger charge is 2.32. The van der Waals surface area contributed by atoms with Crippen LogP contribution in [0.2, 0.25) is 0 Å². The number of thiophene rings is 1. The molecule has 108 valence electrons. The molecule has 0 bridgehead atoms. The number of nitriles is 1. The molecule has 21 heavy (non-hydrogen) atoms. The van der Waals surface area contributed by atoms with Crippen LogP contribution in [0.4, 0.5) is 13.2 Å². The van der Waals surface area contributed by atoms with E-state index in [9.17, 15) is 18.0 Å². The van der Waals surface area contributed by atoms with Crippen LogP contribution in [0.3, 0.4) is 0 Å². The number of nitrogens with zero attached hydrogens (tertiary/aromatic N) is 1. The van der Waals surface area contributed by atoms with Crippen molar-refractivity contribution in [1.29, 1.82) is 5.26 Å². The summed E-state index contributed by atoms with van der Waals surface area (Å²) in [6.07, 6.45) is -4.50. The van der Waals surface area contributed by atoms with Gasteiger partial charge in [0.25, 0.3) is 0 Å². The van der Waals surface area contributed by atoms with Crippen LogP contribution in [0.25, 0.3) is 0 Å². The zero-order valence-electron chi connectivity index (χ0n) is 10.9. The van der Waals surface area contributed by atoms with Crippen LogP contribution in [0, 0.1) is 18.3 Å². The molecular formula is C15H10F3NOS. The lowest BCUT2D eigenvalue weighted by Gasteiger charge is -2.11. The average molecular weight is 309 g/mol. The number of benzene rings is 1. The molecule has 0 saturated carbocycles. The molecule has 0 spiro atoms. The van der Waals surface area contributed by atoms with E-state index < -0.39 is 23.4 Å². The highest BCUT2D eigenvalue weighted by atomic mass is 32.1. The standard InChI is InChI=1S/C15H10F3NOS/c1-9-5-6-13(21-9)14(20)12(8-19)10-3-2-4-11(7-10)15(16,17)18/h2-7,12H,1H3. The molecule has 0 fully saturated rings. The second kappa shape index (κ2) is 5.70. The number of carbonyl (C=O) groups is 1. The third-order valence-electron chi connectivity index (χ3n) is 2.92. The third-order valence-corrected chi connectivity index (χ3v) is 3.94. The van der Waals surface area contributed by atoms with Crippen molar-refractivity contribution in [2.24, 2.45) is 0 Å². The zero-order chi connectivity index (χ0) is 15.6. The number of carbonyl (C=O) groups excluding carboxylic acids is 1. The first-order chi connectivity index (χ1) is 9.82. The van der Waals surface area contributed by atoms with E-state index in [1.807, 2.05) is 6.92 Å². The lowest BCUT2D eigenvalue weighted by atomic mass is 9.94. The Morgan fingerprint density at radius 3 is 2.52 bits per heavy atom. The summed E-state index contributed by atoms with van der Waals surface area (Å²) in [4.78, 5) is 13.5. The third kappa shape index (κ3) is 3.31. The molecule has 0 radical (unpaired) electrons. The monoisotopic (exact) mass is 309 g/mol. The van der Waals surface area contributed by atoms with Crippen molar-refractivity contribution in [2.45, 2.75) is 19.0 Å². The van der Waals surface area contributed by atoms with E-state index in [1.165, 1.54) is 23.5 Å². The van der Waals surface area contributed by atoms with Gasteiger partial charge < -0.3 is 0 Å². The van der Waals surface area contributed by atoms with Gasteiger partial charge in [0.2, 0.25) is 0 Å². The maximum absolute atomic E-state index is 12.7. The van der Waals surface area contributed by atoms with Crippen molar-refractivity contribution in [1.82, 2.24) is 0 Å². The van der Waals surface area contributed by atoms with Crippen molar-refractivity contribution in [3.8, 4) is 6.07 Å². The molecule has 2 rings (SSSR count). The predicted octanol–water partition coefficient (Wildman–Crippen LogP) is 4.57. The van der Waals surface area contributed by atoms with Gasteiger partial charge in [-0.15, -0.1) is 11.3 Å². The van der Waals surface area contributed by atoms with Gasteiger partial charge in [-0.3, -0.25) is 4.79 Å². The van der Waals surface area contributed by atoms with Gasteiger partial charge in [0.05, 0.1) is 16.5 Å². The van der Waals surface area contributed by atoms with Gasteiger partial charge in [-0.2, -0.15) is 18.4 Å². The van der Waals surface area contributed by atoms with E-state index in [4.69, 9.17) is 5.26 Å². The first-order valence-corrected chi connectivity index (χ1v) is 6.82. The van der Waals surface area contributed by atoms with E-state index in [2.05, 4.69) is 0 Å². The topological polar surface area (TPSA) is 40.9 Å². The molecule has 1 atom stereocenters. The van der Waals surface area contributed by atoms with Gasteiger partial charge in [-0.25, -0.2) is 0 Å². The van der Waals surface area contributed by atoms with Gasteiger partial charge in [0.15, 0.2) is 5.78 Å². The van der Waals surface area contributed by atoms with Crippen molar-refractivity contribution in [3.63, 3.8) is 0 Å². The van der Waals surface area contributed by atoms with Crippen LogP contribution in [0.15, 0.2) is 36.4 Å². The Hall–Kier alpha value is -2.13. The second-order valence-electron chi connectivity index (χ2n) is 4.46. The second-order valence-corrected chi connectivity index (χ2v) is 5.75. The highest BCUT2D eigenvalue weighted by molar-refractivity contribution is 7.14. The van der Waals surface area contributed by atoms with Gasteiger partial charge in [-0.05, 0) is 30.7 Å². The fraction of sp³-hybridized carbons (Fsp3) is 0.200. The van der Waals surface area contributed by atoms with Gasteiger partial charge in [0.1, 0.15) is 5.92 Å². The molecule has 1 heterocycles. The first-order valence-electron chi connectivity index (χ1n) is 6.00. The highest BCUT2D eigenvalue weighted by Crippen LogP contribution is 2.32. The molecule has 0 aliphatic heterocycles. The molecule has 0 saturated heterocycles. The number of hydrogen-bond donors (Lipinski definition) is 0. The number of alkyl halides is 3. The molecule has 0 aliphatic carbocycles. The molecule has 6 heteroatoms. The van der Waals surface area contributed by atoms with Crippen molar-refractivity contribution < 1.29 is 18.0 Å². The van der Waals surface area contributed by atoms with E-state index in [-0.39, 0.29) is 5.56 Å². The fourth-order valence-corrected chi connectivity index (χ4v) is 2.73. The normalized spacial score (nSPS) is 12.7. The largest absolute Gasteiger partial charge is 0.416 e. The lowest BCUT2D eigenvalue weighted by Crippen LogP contribution is -2.12. The fourth-order valence-electron chi connectivity index (χ4n) is 1.89. The van der Waals surface area contributed by atoms with E-state index in [0.29, 0.717) is 4.88 Å². The summed E-state index contributed by atoms with van der Waals surface area (Å²) in [7, 11) is 0. The van der Waals surface area contributed by atoms with Crippen LogP contribution in [0.1, 0.15) is 31.6 Å². The number of Topliss-reactive ketones (excluding diaryl/α,β-unsaturated/α-hetero) is 1. The SMILES string of the molecule is Cc1ccc(C(=O)C(C#N)c2cccc(C(F)(F)F)c2)s1. The molecule has 0 amide bonds. The number of hydrogen-bond acceptors (Lipinski definition) is 3. The quantitative estimate of drug-likeness (QED) is 0.780. The zero-order valence-corrected chi connectivity index (χ0v) is 11.8. The summed E-state index contributed by atoms with van der Waals surface area (Å²) in [5.41, 5.74) is -0.807. The van der Waals surface area contributed by atoms with Gasteiger partial charge in [-0.1, -0.05) is 18.2 Å². The molecular weight excluding hydrogens is 299 g/mol. The summed E-state index contributed by atoms with van der Waals surface area (Å²) >= 11 is 1.22. The minimum Gasteiger partial charge on any atom is -0.291 e. The van der Waals surface area contributed by atoms with Crippen molar-refractivity contribution in [3.05, 3.63) is 57.3 Å². The summed E-state index contributed by atoms with van der Waals surface area (Å²) in [5, 5.41) is 9.16. The molecule has 1 aromatic carbocycles. The summed E-state index contributed by atoms with van der Waals surface area (Å²) < 4.78 is 38.1. The Balaban J connectivity index is 2.39. The van der Waals surface area contributed by atoms with Crippen LogP contribution >= 0.6 is 11.3 Å². The maximum atomic E-state index is 12.7. The molecule has 1 unspecified atom stereocenters. The summed E-state index contributed by atoms with van der Waals surface area (Å²) in [6, 6.07) is 9.45. The Bertz CT molecular complexity index is 712. The number of rotatable bonds is 3. The van der Waals surface area contributed by atoms with E-state index in [0.717, 1.165) is 17.0 Å². The maximum Gasteiger partial charge on any atom is 0.416 e. The van der Waals surface area contributed by atoms with E-state index >= 15 is 0 Å². The molecule has 1 aromatic heterocycles. The van der Waals surface area contributed by atoms with Crippen molar-refractivity contribution in [2.75, 3.05) is 0 Å². The number of halogens is 3. The molecule has 2 aromatic rings. The van der Waals surface area contributed by atoms with Crippen LogP contribution in [-0.2, 0) is 6.18 Å². The lowest BCUT2D eigenvalue weighted by molar-refractivity contribution is -0.137. The first kappa shape index (κ1) is 15.3. The van der Waals surface area contributed by atoms with E-state index in [1.54, 1.807) is 18.2 Å². The van der Waals surface area contributed by atoms with Crippen LogP contribution in [-0.4, -0.2) is 5.78 Å². The summed E-state index contributed by atoms with van der Waals surface area (Å²) in [6.45, 7) is 1.81. The Morgan fingerprint density at radius 2 is 2.00 bits per heavy atom. The number of ketones is 1. The molecule has 0 N–H and O–H groups in total. The Labute approximate surface area is 123 Å². The molecule has 0 aliphatic rings. The van der Waals surface area contributed by atoms with Crippen LogP contribution < -0.4 is 0 Å². The van der Waals surface area contributed by atoms with Gasteiger partial charge in [0, 0.05) is 4.88 Å². The number of aryl methyl sites for hydroxylation is 1. The molecule has 2 nitrogen and oxygen atoms in total.